The van der Waals surface area contributed by atoms with E-state index in [0.29, 0.717) is 5.75 Å². The SMILES string of the molecule is Cc1cc(Br)c(OCC(=O)NC(N)=O)c(Br)c1. The molecule has 0 bridgehead atoms. The third kappa shape index (κ3) is 4.35. The second kappa shape index (κ2) is 6.02. The summed E-state index contributed by atoms with van der Waals surface area (Å²) in [5.41, 5.74) is 5.84. The molecule has 1 aromatic carbocycles. The summed E-state index contributed by atoms with van der Waals surface area (Å²) < 4.78 is 6.71. The van der Waals surface area contributed by atoms with Gasteiger partial charge in [-0.15, -0.1) is 0 Å². The first-order chi connectivity index (χ1) is 7.90. The number of ether oxygens (including phenoxy) is 1. The van der Waals surface area contributed by atoms with Gasteiger partial charge in [-0.05, 0) is 56.5 Å². The summed E-state index contributed by atoms with van der Waals surface area (Å²) in [5.74, 6) is -0.105. The van der Waals surface area contributed by atoms with Crippen LogP contribution in [0.2, 0.25) is 0 Å². The van der Waals surface area contributed by atoms with E-state index in [4.69, 9.17) is 10.5 Å². The smallest absolute Gasteiger partial charge is 0.318 e. The van der Waals surface area contributed by atoms with Crippen molar-refractivity contribution in [3.63, 3.8) is 0 Å². The molecular formula is C10H10Br2N2O3. The van der Waals surface area contributed by atoms with Crippen LogP contribution in [0.5, 0.6) is 5.75 Å². The normalized spacial score (nSPS) is 9.82. The Morgan fingerprint density at radius 2 is 1.88 bits per heavy atom. The second-order valence-electron chi connectivity index (χ2n) is 3.26. The maximum Gasteiger partial charge on any atom is 0.318 e. The van der Waals surface area contributed by atoms with E-state index in [1.54, 1.807) is 0 Å². The summed E-state index contributed by atoms with van der Waals surface area (Å²) in [6, 6.07) is 2.80. The van der Waals surface area contributed by atoms with Crippen molar-refractivity contribution in [3.05, 3.63) is 26.6 Å². The summed E-state index contributed by atoms with van der Waals surface area (Å²) in [6.07, 6.45) is 0. The van der Waals surface area contributed by atoms with Crippen LogP contribution < -0.4 is 15.8 Å². The standard InChI is InChI=1S/C10H10Br2N2O3/c1-5-2-6(11)9(7(12)3-5)17-4-8(15)14-10(13)16/h2-3H,4H2,1H3,(H3,13,14,15,16). The van der Waals surface area contributed by atoms with Gasteiger partial charge in [0.1, 0.15) is 5.75 Å². The van der Waals surface area contributed by atoms with E-state index in [9.17, 15) is 9.59 Å². The van der Waals surface area contributed by atoms with Gasteiger partial charge in [-0.2, -0.15) is 0 Å². The highest BCUT2D eigenvalue weighted by Gasteiger charge is 2.10. The fourth-order valence-corrected chi connectivity index (χ4v) is 2.78. The van der Waals surface area contributed by atoms with Crippen LogP contribution >= 0.6 is 31.9 Å². The Morgan fingerprint density at radius 3 is 2.35 bits per heavy atom. The van der Waals surface area contributed by atoms with Crippen LogP contribution in [-0.2, 0) is 4.79 Å². The molecule has 1 aromatic rings. The molecule has 0 atom stereocenters. The first-order valence-corrected chi connectivity index (χ1v) is 6.16. The molecule has 92 valence electrons. The highest BCUT2D eigenvalue weighted by atomic mass is 79.9. The predicted molar refractivity (Wildman–Crippen MR) is 69.8 cm³/mol. The fraction of sp³-hybridized carbons (Fsp3) is 0.200. The van der Waals surface area contributed by atoms with Gasteiger partial charge >= 0.3 is 6.03 Å². The van der Waals surface area contributed by atoms with Crippen LogP contribution in [0.3, 0.4) is 0 Å². The Balaban J connectivity index is 2.70. The Labute approximate surface area is 115 Å². The molecule has 0 saturated heterocycles. The number of rotatable bonds is 3. The minimum absolute atomic E-state index is 0.288. The number of hydrogen-bond donors (Lipinski definition) is 2. The van der Waals surface area contributed by atoms with Crippen LogP contribution in [0.4, 0.5) is 4.79 Å². The zero-order chi connectivity index (χ0) is 13.0. The van der Waals surface area contributed by atoms with E-state index < -0.39 is 11.9 Å². The van der Waals surface area contributed by atoms with Gasteiger partial charge in [0.25, 0.3) is 5.91 Å². The lowest BCUT2D eigenvalue weighted by atomic mass is 10.2. The quantitative estimate of drug-likeness (QED) is 0.860. The third-order valence-electron chi connectivity index (χ3n) is 1.75. The number of aryl methyl sites for hydroxylation is 1. The summed E-state index contributed by atoms with van der Waals surface area (Å²) in [5, 5.41) is 1.91. The van der Waals surface area contributed by atoms with Crippen molar-refractivity contribution in [1.82, 2.24) is 5.32 Å². The number of amides is 3. The number of carbonyl (C=O) groups is 2. The van der Waals surface area contributed by atoms with E-state index >= 15 is 0 Å². The fourth-order valence-electron chi connectivity index (χ4n) is 1.14. The van der Waals surface area contributed by atoms with Crippen LogP contribution in [0.1, 0.15) is 5.56 Å². The molecule has 0 radical (unpaired) electrons. The first kappa shape index (κ1) is 14.0. The molecule has 0 aliphatic rings. The van der Waals surface area contributed by atoms with E-state index in [0.717, 1.165) is 14.5 Å². The highest BCUT2D eigenvalue weighted by Crippen LogP contribution is 2.34. The zero-order valence-corrected chi connectivity index (χ0v) is 12.1. The molecular weight excluding hydrogens is 356 g/mol. The molecule has 0 aliphatic carbocycles. The molecule has 3 N–H and O–H groups in total. The molecule has 0 aliphatic heterocycles. The number of imide groups is 1. The van der Waals surface area contributed by atoms with Crippen molar-refractivity contribution in [1.29, 1.82) is 0 Å². The van der Waals surface area contributed by atoms with Crippen molar-refractivity contribution in [2.75, 3.05) is 6.61 Å². The lowest BCUT2D eigenvalue weighted by Gasteiger charge is -2.10. The number of carbonyl (C=O) groups excluding carboxylic acids is 2. The highest BCUT2D eigenvalue weighted by molar-refractivity contribution is 9.11. The monoisotopic (exact) mass is 364 g/mol. The van der Waals surface area contributed by atoms with Crippen LogP contribution in [0.25, 0.3) is 0 Å². The number of halogens is 2. The molecule has 1 rings (SSSR count). The number of nitrogens with one attached hydrogen (secondary N) is 1. The number of hydrogen-bond acceptors (Lipinski definition) is 3. The number of urea groups is 1. The van der Waals surface area contributed by atoms with E-state index in [1.165, 1.54) is 0 Å². The molecule has 0 heterocycles. The van der Waals surface area contributed by atoms with Gasteiger partial charge in [0.05, 0.1) is 8.95 Å². The lowest BCUT2D eigenvalue weighted by molar-refractivity contribution is -0.121. The minimum Gasteiger partial charge on any atom is -0.481 e. The van der Waals surface area contributed by atoms with Gasteiger partial charge < -0.3 is 10.5 Å². The maximum atomic E-state index is 11.1. The summed E-state index contributed by atoms with van der Waals surface area (Å²) in [6.45, 7) is 1.64. The Bertz CT molecular complexity index is 440. The average Bonchev–Trinajstić information content (AvgIpc) is 2.14. The molecule has 5 nitrogen and oxygen atoms in total. The lowest BCUT2D eigenvalue weighted by Crippen LogP contribution is -2.38. The maximum absolute atomic E-state index is 11.1. The zero-order valence-electron chi connectivity index (χ0n) is 8.92. The third-order valence-corrected chi connectivity index (χ3v) is 2.93. The van der Waals surface area contributed by atoms with Crippen LogP contribution in [-0.4, -0.2) is 18.5 Å². The molecule has 17 heavy (non-hydrogen) atoms. The molecule has 0 spiro atoms. The first-order valence-electron chi connectivity index (χ1n) is 4.58. The number of primary amides is 1. The van der Waals surface area contributed by atoms with Crippen molar-refractivity contribution in [2.24, 2.45) is 5.73 Å². The Hall–Kier alpha value is -1.08. The molecule has 0 saturated carbocycles. The molecule has 7 heteroatoms. The minimum atomic E-state index is -0.902. The van der Waals surface area contributed by atoms with Crippen molar-refractivity contribution < 1.29 is 14.3 Å². The Kier molecular flexibility index (Phi) is 4.95. The molecule has 3 amide bonds. The largest absolute Gasteiger partial charge is 0.481 e. The van der Waals surface area contributed by atoms with Crippen molar-refractivity contribution >= 4 is 43.8 Å². The summed E-state index contributed by atoms with van der Waals surface area (Å²) >= 11 is 6.64. The summed E-state index contributed by atoms with van der Waals surface area (Å²) in [7, 11) is 0. The Morgan fingerprint density at radius 1 is 1.35 bits per heavy atom. The van der Waals surface area contributed by atoms with Gasteiger partial charge in [0.2, 0.25) is 0 Å². The van der Waals surface area contributed by atoms with Gasteiger partial charge in [0.15, 0.2) is 6.61 Å². The van der Waals surface area contributed by atoms with E-state index in [-0.39, 0.29) is 6.61 Å². The van der Waals surface area contributed by atoms with Crippen molar-refractivity contribution in [3.8, 4) is 5.75 Å². The second-order valence-corrected chi connectivity index (χ2v) is 4.97. The topological polar surface area (TPSA) is 81.4 Å². The van der Waals surface area contributed by atoms with Crippen molar-refractivity contribution in [2.45, 2.75) is 6.92 Å². The molecule has 0 aromatic heterocycles. The summed E-state index contributed by atoms with van der Waals surface area (Å²) in [4.78, 5) is 21.6. The van der Waals surface area contributed by atoms with Gasteiger partial charge in [0, 0.05) is 0 Å². The van der Waals surface area contributed by atoms with Crippen LogP contribution in [0.15, 0.2) is 21.1 Å². The number of benzene rings is 1. The number of nitrogens with two attached hydrogens (primary N) is 1. The molecule has 0 fully saturated rings. The predicted octanol–water partition coefficient (Wildman–Crippen LogP) is 2.09. The van der Waals surface area contributed by atoms with Gasteiger partial charge in [-0.1, -0.05) is 0 Å². The van der Waals surface area contributed by atoms with Crippen LogP contribution in [0, 0.1) is 6.92 Å². The van der Waals surface area contributed by atoms with Gasteiger partial charge in [-0.25, -0.2) is 4.79 Å². The van der Waals surface area contributed by atoms with E-state index in [1.807, 2.05) is 24.4 Å². The van der Waals surface area contributed by atoms with E-state index in [2.05, 4.69) is 31.9 Å². The average molecular weight is 366 g/mol. The van der Waals surface area contributed by atoms with Gasteiger partial charge in [-0.3, -0.25) is 10.1 Å². The molecule has 0 unspecified atom stereocenters.